The van der Waals surface area contributed by atoms with E-state index in [-0.39, 0.29) is 29.5 Å². The number of alkyl halides is 3. The number of ketones is 1. The van der Waals surface area contributed by atoms with Gasteiger partial charge in [-0.15, -0.1) is 0 Å². The molecule has 12 heteroatoms. The highest BCUT2D eigenvalue weighted by atomic mass is 19.4. The molecule has 4 unspecified atom stereocenters. The lowest BCUT2D eigenvalue weighted by atomic mass is 9.59. The zero-order valence-electron chi connectivity index (χ0n) is 24.2. The number of carbonyl (C=O) groups is 2. The van der Waals surface area contributed by atoms with E-state index in [0.717, 1.165) is 6.07 Å². The molecular weight excluding hydrogens is 553 g/mol. The Kier molecular flexibility index (Phi) is 8.80. The van der Waals surface area contributed by atoms with E-state index in [1.54, 1.807) is 7.05 Å². The Labute approximate surface area is 242 Å². The number of primary amides is 1. The van der Waals surface area contributed by atoms with Crippen molar-refractivity contribution >= 4 is 23.2 Å². The molecule has 230 valence electrons. The monoisotopic (exact) mass is 592 g/mol. The number of aliphatic hydroxyl groups is 2. The third-order valence-corrected chi connectivity index (χ3v) is 8.99. The van der Waals surface area contributed by atoms with E-state index in [1.807, 2.05) is 25.7 Å². The minimum absolute atomic E-state index is 0.0608. The summed E-state index contributed by atoms with van der Waals surface area (Å²) in [5.74, 6) is -6.41. The van der Waals surface area contributed by atoms with Crippen LogP contribution in [0.1, 0.15) is 74.8 Å². The maximum atomic E-state index is 14.7. The number of nitrogens with zero attached hydrogens (tertiary/aromatic N) is 1. The maximum Gasteiger partial charge on any atom is 0.417 e. The van der Waals surface area contributed by atoms with Gasteiger partial charge in [0.1, 0.15) is 17.3 Å². The van der Waals surface area contributed by atoms with Gasteiger partial charge in [-0.3, -0.25) is 14.5 Å². The molecule has 3 aliphatic carbocycles. The van der Waals surface area contributed by atoms with Crippen LogP contribution in [0.4, 0.5) is 13.2 Å². The number of phenolic OH excluding ortho intramolecular Hbond substituents is 1. The molecule has 0 spiro atoms. The zero-order chi connectivity index (χ0) is 31.3. The molecule has 0 saturated heterocycles. The second-order valence-corrected chi connectivity index (χ2v) is 11.4. The predicted molar refractivity (Wildman–Crippen MR) is 151 cm³/mol. The molecule has 4 rings (SSSR count). The van der Waals surface area contributed by atoms with E-state index in [0.29, 0.717) is 32.4 Å². The average Bonchev–Trinajstić information content (AvgIpc) is 2.89. The van der Waals surface area contributed by atoms with E-state index in [2.05, 4.69) is 5.32 Å². The highest BCUT2D eigenvalue weighted by molar-refractivity contribution is 6.29. The molecule has 1 fully saturated rings. The van der Waals surface area contributed by atoms with Crippen molar-refractivity contribution in [3.8, 4) is 5.75 Å². The Balaban J connectivity index is 1.95. The third kappa shape index (κ3) is 4.98. The first kappa shape index (κ1) is 31.6. The van der Waals surface area contributed by atoms with Gasteiger partial charge < -0.3 is 31.8 Å². The van der Waals surface area contributed by atoms with Gasteiger partial charge in [-0.05, 0) is 74.8 Å². The number of nitrogens with two attached hydrogens (primary N) is 1. The number of fused-ring (bicyclic) bond motifs is 3. The Bertz CT molecular complexity index is 1370. The van der Waals surface area contributed by atoms with E-state index in [4.69, 9.17) is 11.1 Å². The molecule has 7 N–H and O–H groups in total. The van der Waals surface area contributed by atoms with Crippen LogP contribution in [0, 0.1) is 23.2 Å². The van der Waals surface area contributed by atoms with Crippen LogP contribution in [0.15, 0.2) is 23.0 Å². The van der Waals surface area contributed by atoms with E-state index < -0.39 is 87.4 Å². The summed E-state index contributed by atoms with van der Waals surface area (Å²) < 4.78 is 44.2. The Hall–Kier alpha value is -3.38. The first-order valence-corrected chi connectivity index (χ1v) is 14.4. The predicted octanol–water partition coefficient (Wildman–Crippen LogP) is 4.55. The van der Waals surface area contributed by atoms with Gasteiger partial charge in [0.15, 0.2) is 5.78 Å². The summed E-state index contributed by atoms with van der Waals surface area (Å²) in [7, 11) is 1.54. The highest BCUT2D eigenvalue weighted by Crippen LogP contribution is 2.53. The van der Waals surface area contributed by atoms with Gasteiger partial charge in [-0.1, -0.05) is 27.2 Å². The molecule has 0 radical (unpaired) electrons. The number of aliphatic hydroxyl groups excluding tert-OH is 2. The number of carbonyl (C=O) groups excluding carboxylic acids is 2. The fourth-order valence-electron chi connectivity index (χ4n) is 7.37. The second-order valence-electron chi connectivity index (χ2n) is 11.4. The van der Waals surface area contributed by atoms with Crippen LogP contribution in [0.2, 0.25) is 0 Å². The number of nitrogens with one attached hydrogen (secondary N) is 2. The lowest BCUT2D eigenvalue weighted by molar-refractivity contribution is -0.139. The summed E-state index contributed by atoms with van der Waals surface area (Å²) in [4.78, 5) is 28.3. The molecule has 0 heterocycles. The second kappa shape index (κ2) is 11.7. The topological polar surface area (TPSA) is 160 Å². The van der Waals surface area contributed by atoms with Crippen molar-refractivity contribution < 1.29 is 38.1 Å². The van der Waals surface area contributed by atoms with Crippen molar-refractivity contribution in [2.45, 2.75) is 71.1 Å². The van der Waals surface area contributed by atoms with Crippen molar-refractivity contribution in [1.82, 2.24) is 10.2 Å². The summed E-state index contributed by atoms with van der Waals surface area (Å²) >= 11 is 0. The van der Waals surface area contributed by atoms with Crippen molar-refractivity contribution in [3.05, 3.63) is 45.2 Å². The summed E-state index contributed by atoms with van der Waals surface area (Å²) in [6.45, 7) is 6.52. The average molecular weight is 593 g/mol. The smallest absolute Gasteiger partial charge is 0.417 e. The standard InChI is InChI=1S/C30H39F3N4O5/c1-5-8-17(36-4)14-12-18(38)20-15(23(14)30(31,32)33)10-13-11-16-21(27(40)19(13)26(20)39)24(34)22(29(35)42)28(41)25(16)37(7-3)9-6-2/h12-13,16-17,21,25,34,36,38-39,41H,5-11H2,1-4H3,(H2,35,42)/t13-,16?,17?,21?,25?/m0/s1. The number of hydrogen-bond acceptors (Lipinski definition) is 8. The summed E-state index contributed by atoms with van der Waals surface area (Å²) in [6.07, 6.45) is -3.41. The van der Waals surface area contributed by atoms with Crippen molar-refractivity contribution in [2.24, 2.45) is 23.5 Å². The zero-order valence-corrected chi connectivity index (χ0v) is 24.2. The van der Waals surface area contributed by atoms with Crippen LogP contribution in [-0.2, 0) is 22.2 Å². The Morgan fingerprint density at radius 2 is 1.88 bits per heavy atom. The molecule has 0 aliphatic heterocycles. The molecule has 42 heavy (non-hydrogen) atoms. The number of benzene rings is 1. The fraction of sp³-hybridized carbons (Fsp3) is 0.567. The molecule has 1 amide bonds. The minimum Gasteiger partial charge on any atom is -0.510 e. The number of halogens is 3. The van der Waals surface area contributed by atoms with Crippen LogP contribution in [0.5, 0.6) is 5.75 Å². The van der Waals surface area contributed by atoms with Crippen molar-refractivity contribution in [2.75, 3.05) is 20.1 Å². The van der Waals surface area contributed by atoms with Gasteiger partial charge in [0.25, 0.3) is 5.91 Å². The number of amides is 1. The molecule has 1 aromatic rings. The number of likely N-dealkylation sites (N-methyl/N-ethyl adjacent to an activating group) is 1. The normalized spacial score (nSPS) is 25.0. The Morgan fingerprint density at radius 3 is 2.40 bits per heavy atom. The largest absolute Gasteiger partial charge is 0.510 e. The fourth-order valence-corrected chi connectivity index (χ4v) is 7.37. The number of rotatable bonds is 9. The third-order valence-electron chi connectivity index (χ3n) is 8.99. The summed E-state index contributed by atoms with van der Waals surface area (Å²) in [5, 5.41) is 45.2. The lowest BCUT2D eigenvalue weighted by Crippen LogP contribution is -2.57. The lowest BCUT2D eigenvalue weighted by Gasteiger charge is -2.48. The molecule has 1 saturated carbocycles. The van der Waals surface area contributed by atoms with Crippen molar-refractivity contribution in [3.63, 3.8) is 0 Å². The van der Waals surface area contributed by atoms with Crippen LogP contribution < -0.4 is 11.1 Å². The van der Waals surface area contributed by atoms with Crippen LogP contribution in [0.25, 0.3) is 5.76 Å². The molecule has 0 aromatic heterocycles. The van der Waals surface area contributed by atoms with Gasteiger partial charge in [0.05, 0.1) is 34.4 Å². The molecular formula is C30H39F3N4O5. The first-order valence-electron chi connectivity index (χ1n) is 14.4. The van der Waals surface area contributed by atoms with E-state index in [9.17, 15) is 38.1 Å². The van der Waals surface area contributed by atoms with Crippen LogP contribution in [-0.4, -0.2) is 63.8 Å². The minimum atomic E-state index is -4.82. The summed E-state index contributed by atoms with van der Waals surface area (Å²) in [5.41, 5.74) is 2.61. The number of allylic oxidation sites excluding steroid dienone is 1. The SMILES string of the molecule is CCCC(NC)c1cc(O)c2c(c1C(F)(F)F)C[C@H]1CC3C(C(=N)C(C(N)=O)=C(O)C3N(CC)CCC)C(=O)C1=C2O. The van der Waals surface area contributed by atoms with Gasteiger partial charge in [-0.25, -0.2) is 0 Å². The highest BCUT2D eigenvalue weighted by Gasteiger charge is 2.55. The molecule has 3 aliphatic rings. The molecule has 0 bridgehead atoms. The molecule has 5 atom stereocenters. The van der Waals surface area contributed by atoms with Gasteiger partial charge in [0, 0.05) is 11.6 Å². The molecule has 1 aromatic carbocycles. The van der Waals surface area contributed by atoms with Gasteiger partial charge >= 0.3 is 6.18 Å². The van der Waals surface area contributed by atoms with Gasteiger partial charge in [0.2, 0.25) is 0 Å². The number of hydrogen-bond donors (Lipinski definition) is 6. The number of Topliss-reactive ketones (excluding diaryl/α,β-unsaturated/α-hetero) is 1. The van der Waals surface area contributed by atoms with Crippen LogP contribution >= 0.6 is 0 Å². The molecule has 9 nitrogen and oxygen atoms in total. The maximum absolute atomic E-state index is 14.7. The van der Waals surface area contributed by atoms with Crippen molar-refractivity contribution in [1.29, 1.82) is 5.41 Å². The summed E-state index contributed by atoms with van der Waals surface area (Å²) in [6, 6.07) is -0.580. The first-order chi connectivity index (χ1) is 19.7. The number of phenols is 1. The quantitative estimate of drug-likeness (QED) is 0.245. The Morgan fingerprint density at radius 1 is 1.21 bits per heavy atom. The van der Waals surface area contributed by atoms with Crippen LogP contribution in [0.3, 0.4) is 0 Å². The number of aromatic hydroxyl groups is 1. The van der Waals surface area contributed by atoms with Gasteiger partial charge in [-0.2, -0.15) is 13.2 Å². The van der Waals surface area contributed by atoms with E-state index >= 15 is 0 Å². The van der Waals surface area contributed by atoms with E-state index in [1.165, 1.54) is 0 Å².